The van der Waals surface area contributed by atoms with Crippen molar-refractivity contribution in [2.75, 3.05) is 19.7 Å². The van der Waals surface area contributed by atoms with Crippen molar-refractivity contribution in [3.63, 3.8) is 0 Å². The molecule has 6 heteroatoms. The Kier molecular flexibility index (Phi) is 4.68. The van der Waals surface area contributed by atoms with Crippen molar-refractivity contribution in [3.8, 4) is 5.75 Å². The number of fused-ring (bicyclic) bond motifs is 2. The number of carbonyl (C=O) groups is 1. The minimum absolute atomic E-state index is 0.00936. The van der Waals surface area contributed by atoms with Crippen LogP contribution in [0.2, 0.25) is 0 Å². The van der Waals surface area contributed by atoms with Crippen LogP contribution in [0.25, 0.3) is 0 Å². The maximum absolute atomic E-state index is 12.5. The summed E-state index contributed by atoms with van der Waals surface area (Å²) in [6.07, 6.45) is 5.65. The molecular weight excluding hydrogens is 370 g/mol. The molecule has 3 unspecified atom stereocenters. The zero-order valence-electron chi connectivity index (χ0n) is 13.8. The molecule has 2 N–H and O–H groups in total. The largest absolute Gasteiger partial charge is 0.493 e. The van der Waals surface area contributed by atoms with E-state index in [-0.39, 0.29) is 18.1 Å². The van der Waals surface area contributed by atoms with Crippen molar-refractivity contribution >= 4 is 22.0 Å². The third kappa shape index (κ3) is 3.26. The summed E-state index contributed by atoms with van der Waals surface area (Å²) in [5.41, 5.74) is 1.05. The predicted molar refractivity (Wildman–Crippen MR) is 96.3 cm³/mol. The lowest BCUT2D eigenvalue weighted by Crippen LogP contribution is -2.50. The summed E-state index contributed by atoms with van der Waals surface area (Å²) < 4.78 is 6.70. The van der Waals surface area contributed by atoms with Crippen molar-refractivity contribution in [3.05, 3.63) is 28.2 Å². The van der Waals surface area contributed by atoms with Crippen LogP contribution >= 0.6 is 15.9 Å². The molecule has 0 radical (unpaired) electrons. The molecule has 1 aromatic carbocycles. The van der Waals surface area contributed by atoms with Gasteiger partial charge in [-0.2, -0.15) is 0 Å². The van der Waals surface area contributed by atoms with Gasteiger partial charge >= 0.3 is 6.03 Å². The van der Waals surface area contributed by atoms with E-state index in [0.717, 1.165) is 35.2 Å². The smallest absolute Gasteiger partial charge is 0.315 e. The molecule has 24 heavy (non-hydrogen) atoms. The quantitative estimate of drug-likeness (QED) is 0.810. The number of hydrogen-bond donors (Lipinski definition) is 2. The van der Waals surface area contributed by atoms with Crippen LogP contribution < -0.4 is 15.4 Å². The number of urea groups is 1. The van der Waals surface area contributed by atoms with Crippen molar-refractivity contribution in [2.24, 2.45) is 0 Å². The highest BCUT2D eigenvalue weighted by molar-refractivity contribution is 9.10. The van der Waals surface area contributed by atoms with Gasteiger partial charge in [0.05, 0.1) is 12.6 Å². The lowest BCUT2D eigenvalue weighted by Gasteiger charge is -2.33. The third-order valence-electron chi connectivity index (χ3n) is 5.49. The zero-order valence-corrected chi connectivity index (χ0v) is 15.3. The summed E-state index contributed by atoms with van der Waals surface area (Å²) in [4.78, 5) is 15.1. The van der Waals surface area contributed by atoms with E-state index in [0.29, 0.717) is 12.6 Å². The highest BCUT2D eigenvalue weighted by atomic mass is 79.9. The Morgan fingerprint density at radius 2 is 2.08 bits per heavy atom. The van der Waals surface area contributed by atoms with E-state index >= 15 is 0 Å². The minimum atomic E-state index is -0.0507. The van der Waals surface area contributed by atoms with Gasteiger partial charge in [-0.15, -0.1) is 0 Å². The van der Waals surface area contributed by atoms with Crippen LogP contribution in [0.1, 0.15) is 43.7 Å². The minimum Gasteiger partial charge on any atom is -0.493 e. The molecular formula is C18H24BrN3O2. The summed E-state index contributed by atoms with van der Waals surface area (Å²) in [6.45, 7) is 2.94. The lowest BCUT2D eigenvalue weighted by molar-refractivity contribution is 0.177. The van der Waals surface area contributed by atoms with Crippen LogP contribution in [0.5, 0.6) is 5.75 Å². The van der Waals surface area contributed by atoms with Gasteiger partial charge in [-0.25, -0.2) is 4.79 Å². The number of ether oxygens (including phenoxy) is 1. The number of benzene rings is 1. The number of nitrogens with zero attached hydrogens (tertiary/aromatic N) is 1. The van der Waals surface area contributed by atoms with Crippen LogP contribution in [0, 0.1) is 0 Å². The van der Waals surface area contributed by atoms with Gasteiger partial charge in [-0.05, 0) is 44.0 Å². The fourth-order valence-electron chi connectivity index (χ4n) is 4.30. The summed E-state index contributed by atoms with van der Waals surface area (Å²) in [7, 11) is 0. The maximum Gasteiger partial charge on any atom is 0.315 e. The second-order valence-electron chi connectivity index (χ2n) is 6.98. The first kappa shape index (κ1) is 16.2. The molecule has 2 saturated heterocycles. The topological polar surface area (TPSA) is 53.6 Å². The Labute approximate surface area is 151 Å². The van der Waals surface area contributed by atoms with Gasteiger partial charge in [-0.1, -0.05) is 22.4 Å². The Balaban J connectivity index is 1.39. The monoisotopic (exact) mass is 393 g/mol. The number of hydrogen-bond acceptors (Lipinski definition) is 3. The molecule has 0 aromatic heterocycles. The highest BCUT2D eigenvalue weighted by Crippen LogP contribution is 2.34. The molecule has 3 heterocycles. The molecule has 2 fully saturated rings. The summed E-state index contributed by atoms with van der Waals surface area (Å²) in [5, 5.41) is 6.38. The number of piperidine rings is 1. The zero-order chi connectivity index (χ0) is 16.5. The molecule has 3 aliphatic heterocycles. The molecule has 3 atom stereocenters. The molecule has 0 bridgehead atoms. The number of amides is 2. The number of halogens is 1. The SMILES string of the molecule is O=C(NC1CCOc2ccc(Br)cc21)NC1CCN2CCCCC12. The Morgan fingerprint density at radius 3 is 3.00 bits per heavy atom. The van der Waals surface area contributed by atoms with Gasteiger partial charge < -0.3 is 15.4 Å². The first-order chi connectivity index (χ1) is 11.7. The van der Waals surface area contributed by atoms with Crippen molar-refractivity contribution < 1.29 is 9.53 Å². The Hall–Kier alpha value is -1.27. The second kappa shape index (κ2) is 6.92. The first-order valence-electron chi connectivity index (χ1n) is 8.94. The molecule has 1 aromatic rings. The molecule has 0 saturated carbocycles. The van der Waals surface area contributed by atoms with Gasteiger partial charge in [-0.3, -0.25) is 4.90 Å². The van der Waals surface area contributed by atoms with Gasteiger partial charge in [0.1, 0.15) is 5.75 Å². The van der Waals surface area contributed by atoms with E-state index in [9.17, 15) is 4.79 Å². The summed E-state index contributed by atoms with van der Waals surface area (Å²) >= 11 is 3.50. The van der Waals surface area contributed by atoms with Gasteiger partial charge in [0.2, 0.25) is 0 Å². The predicted octanol–water partition coefficient (Wildman–Crippen LogP) is 3.20. The molecule has 2 amide bonds. The molecule has 130 valence electrons. The van der Waals surface area contributed by atoms with Gasteiger partial charge in [0.15, 0.2) is 0 Å². The summed E-state index contributed by atoms with van der Waals surface area (Å²) in [6, 6.07) is 6.74. The van der Waals surface area contributed by atoms with Crippen LogP contribution in [0.15, 0.2) is 22.7 Å². The highest BCUT2D eigenvalue weighted by Gasteiger charge is 2.36. The number of rotatable bonds is 2. The van der Waals surface area contributed by atoms with E-state index in [1.165, 1.54) is 25.8 Å². The number of nitrogens with one attached hydrogen (secondary N) is 2. The van der Waals surface area contributed by atoms with Crippen molar-refractivity contribution in [1.82, 2.24) is 15.5 Å². The van der Waals surface area contributed by atoms with E-state index in [4.69, 9.17) is 4.74 Å². The van der Waals surface area contributed by atoms with Crippen LogP contribution in [0.3, 0.4) is 0 Å². The van der Waals surface area contributed by atoms with Gasteiger partial charge in [0, 0.05) is 35.1 Å². The Morgan fingerprint density at radius 1 is 1.17 bits per heavy atom. The standard InChI is InChI=1S/C18H24BrN3O2/c19-12-4-5-17-13(11-12)14(7-10-24-17)20-18(23)21-15-6-9-22-8-2-1-3-16(15)22/h4-5,11,14-16H,1-3,6-10H2,(H2,20,21,23). The van der Waals surface area contributed by atoms with Crippen LogP contribution in [-0.4, -0.2) is 42.7 Å². The van der Waals surface area contributed by atoms with Crippen LogP contribution in [0.4, 0.5) is 4.79 Å². The third-order valence-corrected chi connectivity index (χ3v) is 5.98. The first-order valence-corrected chi connectivity index (χ1v) is 9.73. The average Bonchev–Trinajstić information content (AvgIpc) is 2.98. The van der Waals surface area contributed by atoms with Crippen molar-refractivity contribution in [2.45, 2.75) is 50.2 Å². The molecule has 4 rings (SSSR count). The Bertz CT molecular complexity index is 624. The van der Waals surface area contributed by atoms with Crippen molar-refractivity contribution in [1.29, 1.82) is 0 Å². The van der Waals surface area contributed by atoms with E-state index in [1.54, 1.807) is 0 Å². The maximum atomic E-state index is 12.5. The van der Waals surface area contributed by atoms with Crippen LogP contribution in [-0.2, 0) is 0 Å². The normalized spacial score (nSPS) is 29.3. The average molecular weight is 394 g/mol. The molecule has 3 aliphatic rings. The lowest BCUT2D eigenvalue weighted by atomic mass is 9.99. The van der Waals surface area contributed by atoms with E-state index in [1.807, 2.05) is 18.2 Å². The fourth-order valence-corrected chi connectivity index (χ4v) is 4.68. The fraction of sp³-hybridized carbons (Fsp3) is 0.611. The van der Waals surface area contributed by atoms with E-state index in [2.05, 4.69) is 31.5 Å². The van der Waals surface area contributed by atoms with E-state index < -0.39 is 0 Å². The van der Waals surface area contributed by atoms with Gasteiger partial charge in [0.25, 0.3) is 0 Å². The molecule has 0 aliphatic carbocycles. The second-order valence-corrected chi connectivity index (χ2v) is 7.90. The summed E-state index contributed by atoms with van der Waals surface area (Å²) in [5.74, 6) is 0.870. The number of carbonyl (C=O) groups excluding carboxylic acids is 1. The molecule has 0 spiro atoms. The molecule has 5 nitrogen and oxygen atoms in total.